The van der Waals surface area contributed by atoms with Gasteiger partial charge in [-0.1, -0.05) is 36.4 Å². The highest BCUT2D eigenvalue weighted by Crippen LogP contribution is 2.41. The number of carbonyl (C=O) groups excluding carboxylic acids is 1. The molecule has 2 bridgehead atoms. The summed E-state index contributed by atoms with van der Waals surface area (Å²) in [5, 5.41) is 11.5. The number of hydrogen-bond acceptors (Lipinski definition) is 5. The van der Waals surface area contributed by atoms with E-state index < -0.39 is 5.60 Å². The van der Waals surface area contributed by atoms with Gasteiger partial charge >= 0.3 is 6.09 Å². The topological polar surface area (TPSA) is 76.3 Å². The van der Waals surface area contributed by atoms with E-state index in [9.17, 15) is 9.90 Å². The predicted molar refractivity (Wildman–Crippen MR) is 105 cm³/mol. The lowest BCUT2D eigenvalue weighted by Gasteiger charge is -2.50. The fraction of sp³-hybridized carbons (Fsp3) is 0.364. The Morgan fingerprint density at radius 2 is 1.93 bits per heavy atom. The predicted octanol–water partition coefficient (Wildman–Crippen LogP) is 2.72. The summed E-state index contributed by atoms with van der Waals surface area (Å²) in [5.74, 6) is 0. The molecule has 5 rings (SSSR count). The van der Waals surface area contributed by atoms with E-state index in [1.807, 2.05) is 59.3 Å². The SMILES string of the molecule is O=C(OCc1ccccc1)N1C2COCC1CC(O)(c1ccc3nccn3c1)C2. The number of fused-ring (bicyclic) bond motifs is 3. The van der Waals surface area contributed by atoms with Crippen LogP contribution in [0.2, 0.25) is 0 Å². The minimum absolute atomic E-state index is 0.228. The summed E-state index contributed by atoms with van der Waals surface area (Å²) in [4.78, 5) is 18.8. The Labute approximate surface area is 168 Å². The Morgan fingerprint density at radius 1 is 1.17 bits per heavy atom. The first-order chi connectivity index (χ1) is 14.1. The molecular formula is C22H23N3O4. The highest BCUT2D eigenvalue weighted by molar-refractivity contribution is 5.69. The summed E-state index contributed by atoms with van der Waals surface area (Å²) >= 11 is 0. The van der Waals surface area contributed by atoms with Crippen LogP contribution < -0.4 is 0 Å². The van der Waals surface area contributed by atoms with E-state index >= 15 is 0 Å². The largest absolute Gasteiger partial charge is 0.445 e. The zero-order chi connectivity index (χ0) is 19.8. The van der Waals surface area contributed by atoms with E-state index in [0.29, 0.717) is 26.1 Å². The highest BCUT2D eigenvalue weighted by atomic mass is 16.6. The second-order valence-electron chi connectivity index (χ2n) is 7.84. The first-order valence-corrected chi connectivity index (χ1v) is 9.85. The number of pyridine rings is 1. The normalized spacial score (nSPS) is 26.4. The summed E-state index contributed by atoms with van der Waals surface area (Å²) < 4.78 is 13.2. The quantitative estimate of drug-likeness (QED) is 0.741. The average molecular weight is 393 g/mol. The smallest absolute Gasteiger partial charge is 0.410 e. The van der Waals surface area contributed by atoms with Gasteiger partial charge in [0.25, 0.3) is 0 Å². The van der Waals surface area contributed by atoms with E-state index in [1.54, 1.807) is 11.1 Å². The minimum Gasteiger partial charge on any atom is -0.445 e. The molecule has 1 N–H and O–H groups in total. The Kier molecular flexibility index (Phi) is 4.49. The molecule has 0 saturated carbocycles. The van der Waals surface area contributed by atoms with Gasteiger partial charge in [0.05, 0.1) is 30.9 Å². The van der Waals surface area contributed by atoms with Gasteiger partial charge in [-0.05, 0) is 11.6 Å². The van der Waals surface area contributed by atoms with E-state index in [-0.39, 0.29) is 24.8 Å². The molecule has 0 aliphatic carbocycles. The third-order valence-corrected chi connectivity index (χ3v) is 5.90. The monoisotopic (exact) mass is 393 g/mol. The molecule has 0 radical (unpaired) electrons. The van der Waals surface area contributed by atoms with Gasteiger partial charge in [0.2, 0.25) is 0 Å². The molecule has 1 amide bonds. The van der Waals surface area contributed by atoms with Gasteiger partial charge in [-0.25, -0.2) is 9.78 Å². The number of rotatable bonds is 3. The van der Waals surface area contributed by atoms with Crippen molar-refractivity contribution in [2.75, 3.05) is 13.2 Å². The number of piperidine rings is 1. The van der Waals surface area contributed by atoms with E-state index in [2.05, 4.69) is 4.98 Å². The van der Waals surface area contributed by atoms with Crippen molar-refractivity contribution in [1.82, 2.24) is 14.3 Å². The number of carbonyl (C=O) groups is 1. The van der Waals surface area contributed by atoms with Crippen molar-refractivity contribution >= 4 is 11.7 Å². The molecule has 7 heteroatoms. The molecule has 2 saturated heterocycles. The molecule has 7 nitrogen and oxygen atoms in total. The zero-order valence-corrected chi connectivity index (χ0v) is 16.0. The third-order valence-electron chi connectivity index (χ3n) is 5.90. The number of imidazole rings is 1. The number of ether oxygens (including phenoxy) is 2. The zero-order valence-electron chi connectivity index (χ0n) is 16.0. The number of hydrogen-bond donors (Lipinski definition) is 1. The first-order valence-electron chi connectivity index (χ1n) is 9.85. The second kappa shape index (κ2) is 7.17. The summed E-state index contributed by atoms with van der Waals surface area (Å²) in [6.45, 7) is 1.02. The molecule has 2 aliphatic heterocycles. The fourth-order valence-electron chi connectivity index (χ4n) is 4.50. The molecule has 2 fully saturated rings. The number of aliphatic hydroxyl groups is 1. The lowest BCUT2D eigenvalue weighted by molar-refractivity contribution is -0.137. The standard InChI is InChI=1S/C22H23N3O4/c26-21(29-13-16-4-2-1-3-5-16)25-18-10-22(27,11-19(25)15-28-14-18)17-6-7-20-23-8-9-24(20)12-17/h1-9,12,18-19,27H,10-11,13-15H2. The molecule has 4 heterocycles. The summed E-state index contributed by atoms with van der Waals surface area (Å²) in [5.41, 5.74) is 1.60. The van der Waals surface area contributed by atoms with E-state index in [0.717, 1.165) is 16.8 Å². The number of benzene rings is 1. The second-order valence-corrected chi connectivity index (χ2v) is 7.84. The van der Waals surface area contributed by atoms with Crippen molar-refractivity contribution in [2.24, 2.45) is 0 Å². The van der Waals surface area contributed by atoms with Crippen LogP contribution in [0.4, 0.5) is 4.79 Å². The average Bonchev–Trinajstić information content (AvgIpc) is 3.20. The summed E-state index contributed by atoms with van der Waals surface area (Å²) in [6, 6.07) is 13.0. The van der Waals surface area contributed by atoms with Crippen LogP contribution in [0.25, 0.3) is 5.65 Å². The molecule has 29 heavy (non-hydrogen) atoms. The van der Waals surface area contributed by atoms with Crippen molar-refractivity contribution in [2.45, 2.75) is 37.1 Å². The summed E-state index contributed by atoms with van der Waals surface area (Å²) in [7, 11) is 0. The number of nitrogens with zero attached hydrogens (tertiary/aromatic N) is 3. The molecule has 3 aromatic rings. The van der Waals surface area contributed by atoms with Crippen LogP contribution in [0, 0.1) is 0 Å². The minimum atomic E-state index is -1.02. The van der Waals surface area contributed by atoms with Crippen molar-refractivity contribution < 1.29 is 19.4 Å². The lowest BCUT2D eigenvalue weighted by atomic mass is 9.77. The Bertz CT molecular complexity index is 1010. The van der Waals surface area contributed by atoms with Gasteiger partial charge in [0.15, 0.2) is 0 Å². The van der Waals surface area contributed by atoms with Crippen molar-refractivity contribution in [3.05, 3.63) is 72.2 Å². The van der Waals surface area contributed by atoms with Crippen LogP contribution in [-0.4, -0.2) is 50.8 Å². The molecule has 2 aliphatic rings. The fourth-order valence-corrected chi connectivity index (χ4v) is 4.50. The maximum Gasteiger partial charge on any atom is 0.410 e. The van der Waals surface area contributed by atoms with Gasteiger partial charge in [-0.2, -0.15) is 0 Å². The summed E-state index contributed by atoms with van der Waals surface area (Å²) in [6.07, 6.45) is 5.98. The van der Waals surface area contributed by atoms with E-state index in [1.165, 1.54) is 0 Å². The molecule has 0 spiro atoms. The van der Waals surface area contributed by atoms with Gasteiger partial charge < -0.3 is 19.0 Å². The number of aromatic nitrogens is 2. The third kappa shape index (κ3) is 3.36. The van der Waals surface area contributed by atoms with Crippen LogP contribution in [0.5, 0.6) is 0 Å². The Hall–Kier alpha value is -2.90. The molecule has 150 valence electrons. The first kappa shape index (κ1) is 18.1. The van der Waals surface area contributed by atoms with Crippen molar-refractivity contribution in [3.63, 3.8) is 0 Å². The molecule has 1 aromatic carbocycles. The number of amides is 1. The molecule has 2 atom stereocenters. The molecular weight excluding hydrogens is 370 g/mol. The Balaban J connectivity index is 1.34. The molecule has 2 unspecified atom stereocenters. The Morgan fingerprint density at radius 3 is 2.69 bits per heavy atom. The van der Waals surface area contributed by atoms with Crippen LogP contribution in [0.1, 0.15) is 24.0 Å². The maximum absolute atomic E-state index is 12.8. The van der Waals surface area contributed by atoms with E-state index in [4.69, 9.17) is 9.47 Å². The maximum atomic E-state index is 12.8. The van der Waals surface area contributed by atoms with Gasteiger partial charge in [0, 0.05) is 37.0 Å². The van der Waals surface area contributed by atoms with Crippen LogP contribution >= 0.6 is 0 Å². The molecule has 2 aromatic heterocycles. The number of morpholine rings is 1. The lowest BCUT2D eigenvalue weighted by Crippen LogP contribution is -2.62. The van der Waals surface area contributed by atoms with Crippen LogP contribution in [-0.2, 0) is 21.7 Å². The van der Waals surface area contributed by atoms with Crippen molar-refractivity contribution in [3.8, 4) is 0 Å². The van der Waals surface area contributed by atoms with Gasteiger partial charge in [-0.15, -0.1) is 0 Å². The van der Waals surface area contributed by atoms with Crippen LogP contribution in [0.3, 0.4) is 0 Å². The van der Waals surface area contributed by atoms with Gasteiger partial charge in [0.1, 0.15) is 12.3 Å². The van der Waals surface area contributed by atoms with Gasteiger partial charge in [-0.3, -0.25) is 4.90 Å². The highest BCUT2D eigenvalue weighted by Gasteiger charge is 2.49. The van der Waals surface area contributed by atoms with Crippen molar-refractivity contribution in [1.29, 1.82) is 0 Å². The van der Waals surface area contributed by atoms with Crippen LogP contribution in [0.15, 0.2) is 61.1 Å².